The number of benzene rings is 2. The molecule has 0 amide bonds. The number of rotatable bonds is 7. The van der Waals surface area contributed by atoms with Gasteiger partial charge < -0.3 is 4.98 Å². The van der Waals surface area contributed by atoms with Crippen molar-refractivity contribution < 1.29 is 4.79 Å². The Bertz CT molecular complexity index is 1500. The summed E-state index contributed by atoms with van der Waals surface area (Å²) in [5.41, 5.74) is 4.46. The van der Waals surface area contributed by atoms with Crippen LogP contribution in [-0.4, -0.2) is 36.3 Å². The molecule has 0 saturated heterocycles. The molecule has 1 N–H and O–H groups in total. The van der Waals surface area contributed by atoms with Crippen molar-refractivity contribution in [3.63, 3.8) is 0 Å². The molecule has 5 rings (SSSR count). The second kappa shape index (κ2) is 9.62. The summed E-state index contributed by atoms with van der Waals surface area (Å²) in [6.45, 7) is 2.10. The lowest BCUT2D eigenvalue weighted by molar-refractivity contribution is 0.102. The van der Waals surface area contributed by atoms with Crippen molar-refractivity contribution in [1.29, 1.82) is 0 Å². The van der Waals surface area contributed by atoms with Gasteiger partial charge in [0.15, 0.2) is 16.8 Å². The lowest BCUT2D eigenvalue weighted by atomic mass is 10.1. The van der Waals surface area contributed by atoms with Crippen LogP contribution in [0.25, 0.3) is 28.0 Å². The van der Waals surface area contributed by atoms with Gasteiger partial charge in [0, 0.05) is 40.6 Å². The fourth-order valence-electron chi connectivity index (χ4n) is 3.86. The average Bonchev–Trinajstić information content (AvgIpc) is 3.49. The van der Waals surface area contributed by atoms with Crippen LogP contribution in [0.1, 0.15) is 22.8 Å². The van der Waals surface area contributed by atoms with Gasteiger partial charge in [-0.2, -0.15) is 0 Å². The van der Waals surface area contributed by atoms with E-state index in [1.165, 1.54) is 17.3 Å². The van der Waals surface area contributed by atoms with E-state index in [0.29, 0.717) is 26.6 Å². The van der Waals surface area contributed by atoms with Gasteiger partial charge in [-0.3, -0.25) is 14.3 Å². The van der Waals surface area contributed by atoms with Crippen LogP contribution in [0.5, 0.6) is 0 Å². The summed E-state index contributed by atoms with van der Waals surface area (Å²) >= 11 is 13.8. The van der Waals surface area contributed by atoms with E-state index in [2.05, 4.69) is 33.2 Å². The quantitative estimate of drug-likeness (QED) is 0.197. The number of hydrogen-bond donors (Lipinski definition) is 1. The summed E-state index contributed by atoms with van der Waals surface area (Å²) in [6, 6.07) is 15.1. The normalized spacial score (nSPS) is 11.3. The van der Waals surface area contributed by atoms with Gasteiger partial charge >= 0.3 is 0 Å². The first-order chi connectivity index (χ1) is 16.6. The highest BCUT2D eigenvalue weighted by Gasteiger charge is 2.20. The van der Waals surface area contributed by atoms with E-state index < -0.39 is 0 Å². The molecule has 0 spiro atoms. The number of fused-ring (bicyclic) bond motifs is 1. The molecule has 170 valence electrons. The second-order valence-electron chi connectivity index (χ2n) is 7.58. The van der Waals surface area contributed by atoms with E-state index in [1.54, 1.807) is 30.7 Å². The number of Topliss-reactive ketones (excluding diaryl/α,β-unsaturated/α-hetero) is 1. The molecule has 5 aromatic rings. The van der Waals surface area contributed by atoms with Crippen molar-refractivity contribution >= 4 is 51.6 Å². The number of aryl methyl sites for hydroxylation is 1. The predicted molar refractivity (Wildman–Crippen MR) is 137 cm³/mol. The minimum Gasteiger partial charge on any atom is -0.360 e. The molecule has 3 heterocycles. The zero-order valence-corrected chi connectivity index (χ0v) is 20.5. The summed E-state index contributed by atoms with van der Waals surface area (Å²) in [5, 5.41) is 11.2. The van der Waals surface area contributed by atoms with Gasteiger partial charge in [0.2, 0.25) is 0 Å². The summed E-state index contributed by atoms with van der Waals surface area (Å²) in [4.78, 5) is 20.5. The van der Waals surface area contributed by atoms with Crippen molar-refractivity contribution in [3.8, 4) is 17.1 Å². The van der Waals surface area contributed by atoms with Gasteiger partial charge in [-0.25, -0.2) is 0 Å². The molecule has 0 radical (unpaired) electrons. The van der Waals surface area contributed by atoms with Gasteiger partial charge in [0.1, 0.15) is 0 Å². The second-order valence-corrected chi connectivity index (χ2v) is 9.34. The number of H-pyrrole nitrogens is 1. The Labute approximate surface area is 210 Å². The molecule has 0 fully saturated rings. The minimum atomic E-state index is 0.0126. The largest absolute Gasteiger partial charge is 0.360 e. The zero-order valence-electron chi connectivity index (χ0n) is 18.1. The van der Waals surface area contributed by atoms with Gasteiger partial charge in [-0.05, 0) is 42.3 Å². The minimum absolute atomic E-state index is 0.0126. The number of nitrogens with zero attached hydrogens (tertiary/aromatic N) is 4. The fraction of sp³-hybridized carbons (Fsp3) is 0.120. The number of nitrogens with one attached hydrogen (secondary N) is 1. The van der Waals surface area contributed by atoms with E-state index in [9.17, 15) is 4.79 Å². The van der Waals surface area contributed by atoms with Crippen molar-refractivity contribution in [1.82, 2.24) is 24.7 Å². The summed E-state index contributed by atoms with van der Waals surface area (Å²) in [6.07, 6.45) is 6.08. The molecule has 0 aliphatic carbocycles. The number of carbonyl (C=O) groups excluding carboxylic acids is 1. The van der Waals surface area contributed by atoms with E-state index >= 15 is 0 Å². The molecule has 0 bridgehead atoms. The third kappa shape index (κ3) is 4.22. The highest BCUT2D eigenvalue weighted by Crippen LogP contribution is 2.32. The van der Waals surface area contributed by atoms with Gasteiger partial charge in [-0.1, -0.05) is 60.1 Å². The van der Waals surface area contributed by atoms with Gasteiger partial charge in [0.05, 0.1) is 21.5 Å². The monoisotopic (exact) mass is 507 g/mol. The number of aromatic amines is 1. The number of carbonyl (C=O) groups is 1. The van der Waals surface area contributed by atoms with Crippen molar-refractivity contribution in [2.24, 2.45) is 0 Å². The Kier molecular flexibility index (Phi) is 6.41. The molecule has 6 nitrogen and oxygen atoms in total. The number of aromatic nitrogens is 5. The van der Waals surface area contributed by atoms with Crippen LogP contribution < -0.4 is 0 Å². The Balaban J connectivity index is 1.49. The predicted octanol–water partition coefficient (Wildman–Crippen LogP) is 6.65. The summed E-state index contributed by atoms with van der Waals surface area (Å²) < 4.78 is 1.87. The van der Waals surface area contributed by atoms with Crippen LogP contribution in [0.2, 0.25) is 10.0 Å². The molecular weight excluding hydrogens is 489 g/mol. The Morgan fingerprint density at radius 2 is 1.88 bits per heavy atom. The number of ketones is 1. The molecule has 34 heavy (non-hydrogen) atoms. The maximum atomic E-state index is 13.2. The van der Waals surface area contributed by atoms with Crippen LogP contribution in [0.4, 0.5) is 0 Å². The number of hydrogen-bond acceptors (Lipinski definition) is 5. The fourth-order valence-corrected chi connectivity index (χ4v) is 4.99. The molecule has 0 aliphatic rings. The number of thioether (sulfide) groups is 1. The molecule has 0 aliphatic heterocycles. The molecule has 0 unspecified atom stereocenters. The third-order valence-electron chi connectivity index (χ3n) is 5.55. The molecule has 9 heteroatoms. The Hall–Kier alpha value is -3.13. The lowest BCUT2D eigenvalue weighted by Crippen LogP contribution is -2.05. The summed E-state index contributed by atoms with van der Waals surface area (Å²) in [7, 11) is 0. The van der Waals surface area contributed by atoms with E-state index in [0.717, 1.165) is 28.6 Å². The molecule has 0 saturated carbocycles. The van der Waals surface area contributed by atoms with Crippen molar-refractivity contribution in [2.75, 3.05) is 5.75 Å². The molecule has 3 aromatic heterocycles. The first-order valence-corrected chi connectivity index (χ1v) is 12.4. The number of para-hydroxylation sites is 1. The highest BCUT2D eigenvalue weighted by atomic mass is 35.5. The maximum Gasteiger partial charge on any atom is 0.196 e. The average molecular weight is 508 g/mol. The van der Waals surface area contributed by atoms with E-state index in [1.807, 2.05) is 34.9 Å². The number of pyridine rings is 1. The van der Waals surface area contributed by atoms with Crippen LogP contribution in [0.3, 0.4) is 0 Å². The smallest absolute Gasteiger partial charge is 0.196 e. The Morgan fingerprint density at radius 1 is 1.06 bits per heavy atom. The van der Waals surface area contributed by atoms with Gasteiger partial charge in [-0.15, -0.1) is 10.2 Å². The first-order valence-electron chi connectivity index (χ1n) is 10.6. The molecule has 0 atom stereocenters. The van der Waals surface area contributed by atoms with Crippen molar-refractivity contribution in [2.45, 2.75) is 18.5 Å². The third-order valence-corrected chi connectivity index (χ3v) is 7.22. The topological polar surface area (TPSA) is 76.5 Å². The SMILES string of the molecule is CCc1cccc2c(C(=O)CSc3nnc(-c4ccncc4)n3-c3ccc(Cl)c(Cl)c3)c[nH]c12. The summed E-state index contributed by atoms with van der Waals surface area (Å²) in [5.74, 6) is 0.841. The van der Waals surface area contributed by atoms with Crippen LogP contribution in [-0.2, 0) is 6.42 Å². The molecule has 2 aromatic carbocycles. The van der Waals surface area contributed by atoms with Crippen molar-refractivity contribution in [3.05, 3.63) is 88.3 Å². The van der Waals surface area contributed by atoms with Crippen LogP contribution in [0, 0.1) is 0 Å². The zero-order chi connectivity index (χ0) is 23.7. The first kappa shape index (κ1) is 22.7. The van der Waals surface area contributed by atoms with Crippen LogP contribution in [0.15, 0.2) is 72.3 Å². The highest BCUT2D eigenvalue weighted by molar-refractivity contribution is 7.99. The standard InChI is InChI=1S/C25H19Cl2N5OS/c1-2-15-4-3-5-18-19(13-29-23(15)18)22(33)14-34-25-31-30-24(16-8-10-28-11-9-16)32(25)17-6-7-20(26)21(27)12-17/h3-13,29H,2,14H2,1H3. The Morgan fingerprint density at radius 3 is 2.65 bits per heavy atom. The number of halogens is 2. The van der Waals surface area contributed by atoms with Crippen LogP contribution >= 0.6 is 35.0 Å². The lowest BCUT2D eigenvalue weighted by Gasteiger charge is -2.11. The van der Waals surface area contributed by atoms with E-state index in [-0.39, 0.29) is 11.5 Å². The molecular formula is C25H19Cl2N5OS. The maximum absolute atomic E-state index is 13.2. The van der Waals surface area contributed by atoms with Gasteiger partial charge in [0.25, 0.3) is 0 Å². The van der Waals surface area contributed by atoms with E-state index in [4.69, 9.17) is 23.2 Å².